The summed E-state index contributed by atoms with van der Waals surface area (Å²) in [6.45, 7) is 6.33. The monoisotopic (exact) mass is 382 g/mol. The summed E-state index contributed by atoms with van der Waals surface area (Å²) in [6, 6.07) is -1.12. The van der Waals surface area contributed by atoms with Crippen LogP contribution in [0.2, 0.25) is 0 Å². The highest BCUT2D eigenvalue weighted by Gasteiger charge is 2.36. The van der Waals surface area contributed by atoms with Gasteiger partial charge in [0.2, 0.25) is 11.8 Å². The molecule has 1 N–H and O–H groups in total. The Balaban J connectivity index is 2.84. The number of likely N-dealkylation sites (tertiary alicyclic amines) is 1. The summed E-state index contributed by atoms with van der Waals surface area (Å²) in [5.41, 5.74) is 0. The Hall–Kier alpha value is -1.92. The average molecular weight is 383 g/mol. The number of amides is 2. The molecule has 0 saturated carbocycles. The highest BCUT2D eigenvalue weighted by molar-refractivity contribution is 5.91. The molecule has 2 amide bonds. The summed E-state index contributed by atoms with van der Waals surface area (Å²) < 4.78 is 4.71. The van der Waals surface area contributed by atoms with E-state index in [2.05, 4.69) is 12.2 Å². The second kappa shape index (κ2) is 11.7. The highest BCUT2D eigenvalue weighted by Crippen LogP contribution is 2.20. The predicted molar refractivity (Wildman–Crippen MR) is 102 cm³/mol. The van der Waals surface area contributed by atoms with Crippen molar-refractivity contribution in [1.29, 1.82) is 0 Å². The van der Waals surface area contributed by atoms with Crippen LogP contribution >= 0.6 is 0 Å². The zero-order valence-electron chi connectivity index (χ0n) is 17.0. The molecule has 7 heteroatoms. The van der Waals surface area contributed by atoms with Crippen LogP contribution in [0.3, 0.4) is 0 Å². The first kappa shape index (κ1) is 23.1. The fourth-order valence-electron chi connectivity index (χ4n) is 3.42. The topological polar surface area (TPSA) is 92.8 Å². The molecule has 154 valence electrons. The smallest absolute Gasteiger partial charge is 0.306 e. The van der Waals surface area contributed by atoms with Gasteiger partial charge in [0.25, 0.3) is 0 Å². The molecule has 1 rings (SSSR count). The molecular weight excluding hydrogens is 348 g/mol. The summed E-state index contributed by atoms with van der Waals surface area (Å²) in [6.07, 6.45) is 5.67. The first-order chi connectivity index (χ1) is 12.8. The number of carbonyl (C=O) groups is 4. The molecule has 0 aromatic carbocycles. The fourth-order valence-corrected chi connectivity index (χ4v) is 3.42. The molecular formula is C20H34N2O5. The van der Waals surface area contributed by atoms with E-state index in [-0.39, 0.29) is 24.2 Å². The van der Waals surface area contributed by atoms with Crippen molar-refractivity contribution < 1.29 is 23.9 Å². The predicted octanol–water partition coefficient (Wildman–Crippen LogP) is 2.08. The standard InChI is InChI=1S/C20H34N2O5/c1-5-6-7-9-15(12-17(24)27-4)19(25)21-18(14(2)3)20(26)22-11-8-10-16(22)13-23/h13-16,18H,5-12H2,1-4H3,(H,21,25)/t15?,16-,18-/m0/s1. The van der Waals surface area contributed by atoms with Crippen molar-refractivity contribution in [2.24, 2.45) is 11.8 Å². The highest BCUT2D eigenvalue weighted by atomic mass is 16.5. The van der Waals surface area contributed by atoms with Crippen LogP contribution in [0, 0.1) is 11.8 Å². The number of nitrogens with one attached hydrogen (secondary N) is 1. The second-order valence-corrected chi connectivity index (χ2v) is 7.58. The maximum Gasteiger partial charge on any atom is 0.306 e. The van der Waals surface area contributed by atoms with Gasteiger partial charge in [-0.15, -0.1) is 0 Å². The van der Waals surface area contributed by atoms with Crippen LogP contribution in [-0.2, 0) is 23.9 Å². The molecule has 1 unspecified atom stereocenters. The Labute approximate surface area is 162 Å². The molecule has 1 fully saturated rings. The van der Waals surface area contributed by atoms with Gasteiger partial charge in [-0.05, 0) is 25.2 Å². The molecule has 27 heavy (non-hydrogen) atoms. The van der Waals surface area contributed by atoms with Crippen LogP contribution in [-0.4, -0.2) is 54.7 Å². The quantitative estimate of drug-likeness (QED) is 0.335. The third-order valence-corrected chi connectivity index (χ3v) is 5.14. The lowest BCUT2D eigenvalue weighted by Crippen LogP contribution is -2.54. The number of aldehydes is 1. The molecule has 0 spiro atoms. The van der Waals surface area contributed by atoms with E-state index in [9.17, 15) is 19.2 Å². The molecule has 0 aromatic heterocycles. The Kier molecular flexibility index (Phi) is 10.0. The maximum atomic E-state index is 12.9. The van der Waals surface area contributed by atoms with Crippen molar-refractivity contribution in [1.82, 2.24) is 10.2 Å². The van der Waals surface area contributed by atoms with E-state index < -0.39 is 24.0 Å². The van der Waals surface area contributed by atoms with E-state index in [1.54, 1.807) is 4.90 Å². The summed E-state index contributed by atoms with van der Waals surface area (Å²) >= 11 is 0. The van der Waals surface area contributed by atoms with Gasteiger partial charge in [-0.1, -0.05) is 40.0 Å². The number of hydrogen-bond donors (Lipinski definition) is 1. The fraction of sp³-hybridized carbons (Fsp3) is 0.800. The van der Waals surface area contributed by atoms with E-state index in [4.69, 9.17) is 4.74 Å². The molecule has 1 aliphatic heterocycles. The minimum atomic E-state index is -0.704. The summed E-state index contributed by atoms with van der Waals surface area (Å²) in [4.78, 5) is 50.2. The summed E-state index contributed by atoms with van der Waals surface area (Å²) in [5.74, 6) is -1.59. The van der Waals surface area contributed by atoms with Crippen molar-refractivity contribution >= 4 is 24.1 Å². The molecule has 0 radical (unpaired) electrons. The van der Waals surface area contributed by atoms with Crippen molar-refractivity contribution in [3.05, 3.63) is 0 Å². The zero-order valence-corrected chi connectivity index (χ0v) is 17.0. The number of ether oxygens (including phenoxy) is 1. The van der Waals surface area contributed by atoms with E-state index in [1.165, 1.54) is 7.11 Å². The number of carbonyl (C=O) groups excluding carboxylic acids is 4. The number of unbranched alkanes of at least 4 members (excludes halogenated alkanes) is 2. The lowest BCUT2D eigenvalue weighted by molar-refractivity contribution is -0.145. The van der Waals surface area contributed by atoms with Crippen molar-refractivity contribution in [3.63, 3.8) is 0 Å². The Morgan fingerprint density at radius 1 is 1.26 bits per heavy atom. The van der Waals surface area contributed by atoms with Crippen LogP contribution in [0.4, 0.5) is 0 Å². The van der Waals surface area contributed by atoms with E-state index in [1.807, 2.05) is 13.8 Å². The average Bonchev–Trinajstić information content (AvgIpc) is 3.13. The number of rotatable bonds is 11. The Morgan fingerprint density at radius 2 is 1.96 bits per heavy atom. The van der Waals surface area contributed by atoms with Crippen LogP contribution in [0.15, 0.2) is 0 Å². The number of methoxy groups -OCH3 is 1. The third-order valence-electron chi connectivity index (χ3n) is 5.14. The maximum absolute atomic E-state index is 12.9. The first-order valence-corrected chi connectivity index (χ1v) is 9.98. The third kappa shape index (κ3) is 6.96. The largest absolute Gasteiger partial charge is 0.469 e. The number of hydrogen-bond acceptors (Lipinski definition) is 5. The normalized spacial score (nSPS) is 18.9. The van der Waals surface area contributed by atoms with Crippen LogP contribution in [0.1, 0.15) is 65.7 Å². The minimum absolute atomic E-state index is 0.00568. The van der Waals surface area contributed by atoms with E-state index >= 15 is 0 Å². The molecule has 7 nitrogen and oxygen atoms in total. The first-order valence-electron chi connectivity index (χ1n) is 9.98. The number of esters is 1. The number of nitrogens with zero attached hydrogens (tertiary/aromatic N) is 1. The van der Waals surface area contributed by atoms with Crippen molar-refractivity contribution in [2.45, 2.75) is 77.8 Å². The van der Waals surface area contributed by atoms with Crippen LogP contribution in [0.5, 0.6) is 0 Å². The van der Waals surface area contributed by atoms with Crippen LogP contribution in [0.25, 0.3) is 0 Å². The minimum Gasteiger partial charge on any atom is -0.469 e. The van der Waals surface area contributed by atoms with Gasteiger partial charge in [0, 0.05) is 12.5 Å². The summed E-state index contributed by atoms with van der Waals surface area (Å²) in [5, 5.41) is 2.84. The van der Waals surface area contributed by atoms with E-state index in [0.717, 1.165) is 32.0 Å². The molecule has 1 heterocycles. The van der Waals surface area contributed by atoms with E-state index in [0.29, 0.717) is 19.4 Å². The molecule has 0 bridgehead atoms. The SMILES string of the molecule is CCCCCC(CC(=O)OC)C(=O)N[C@H](C(=O)N1CCC[C@H]1C=O)C(C)C. The van der Waals surface area contributed by atoms with Crippen LogP contribution < -0.4 is 5.32 Å². The van der Waals surface area contributed by atoms with Gasteiger partial charge in [0.05, 0.1) is 19.6 Å². The Morgan fingerprint density at radius 3 is 2.52 bits per heavy atom. The van der Waals surface area contributed by atoms with Gasteiger partial charge in [0.15, 0.2) is 0 Å². The zero-order chi connectivity index (χ0) is 20.4. The molecule has 0 aromatic rings. The van der Waals surface area contributed by atoms with Crippen molar-refractivity contribution in [3.8, 4) is 0 Å². The van der Waals surface area contributed by atoms with Gasteiger partial charge in [-0.3, -0.25) is 14.4 Å². The lowest BCUT2D eigenvalue weighted by Gasteiger charge is -2.30. The summed E-state index contributed by atoms with van der Waals surface area (Å²) in [7, 11) is 1.30. The van der Waals surface area contributed by atoms with Gasteiger partial charge in [-0.25, -0.2) is 0 Å². The second-order valence-electron chi connectivity index (χ2n) is 7.58. The van der Waals surface area contributed by atoms with Gasteiger partial charge >= 0.3 is 5.97 Å². The molecule has 0 aliphatic carbocycles. The van der Waals surface area contributed by atoms with Gasteiger partial charge in [-0.2, -0.15) is 0 Å². The van der Waals surface area contributed by atoms with Gasteiger partial charge in [0.1, 0.15) is 12.3 Å². The lowest BCUT2D eigenvalue weighted by atomic mass is 9.95. The van der Waals surface area contributed by atoms with Gasteiger partial charge < -0.3 is 19.7 Å². The molecule has 1 aliphatic rings. The Bertz CT molecular complexity index is 521. The molecule has 1 saturated heterocycles. The molecule has 3 atom stereocenters. The van der Waals surface area contributed by atoms with Crippen molar-refractivity contribution in [2.75, 3.05) is 13.7 Å².